The van der Waals surface area contributed by atoms with Crippen LogP contribution in [-0.2, 0) is 16.8 Å². The first-order valence-corrected chi connectivity index (χ1v) is 5.53. The van der Waals surface area contributed by atoms with Gasteiger partial charge in [-0.25, -0.2) is 4.68 Å². The molecule has 2 rings (SSSR count). The summed E-state index contributed by atoms with van der Waals surface area (Å²) in [5, 5.41) is 11.5. The normalized spacial score (nSPS) is 16.1. The van der Waals surface area contributed by atoms with E-state index >= 15 is 0 Å². The van der Waals surface area contributed by atoms with Gasteiger partial charge in [0.1, 0.15) is 6.54 Å². The molecule has 6 heteroatoms. The quantitative estimate of drug-likeness (QED) is 0.718. The molecular formula is C10H17N5O. The van der Waals surface area contributed by atoms with E-state index in [2.05, 4.69) is 15.5 Å². The Morgan fingerprint density at radius 1 is 1.38 bits per heavy atom. The van der Waals surface area contributed by atoms with Crippen LogP contribution in [0.15, 0.2) is 0 Å². The van der Waals surface area contributed by atoms with E-state index in [4.69, 9.17) is 0 Å². The van der Waals surface area contributed by atoms with Gasteiger partial charge in [-0.1, -0.05) is 20.8 Å². The van der Waals surface area contributed by atoms with Gasteiger partial charge in [0.2, 0.25) is 5.91 Å². The third-order valence-electron chi connectivity index (χ3n) is 2.70. The third-order valence-corrected chi connectivity index (χ3v) is 2.70. The van der Waals surface area contributed by atoms with Crippen LogP contribution in [0.25, 0.3) is 0 Å². The number of carbonyl (C=O) groups is 1. The van der Waals surface area contributed by atoms with Crippen LogP contribution in [0.4, 0.5) is 0 Å². The molecule has 88 valence electrons. The molecule has 1 saturated heterocycles. The van der Waals surface area contributed by atoms with Crippen molar-refractivity contribution >= 4 is 5.91 Å². The molecule has 6 nitrogen and oxygen atoms in total. The number of hydrogen-bond donors (Lipinski definition) is 0. The van der Waals surface area contributed by atoms with Gasteiger partial charge in [-0.2, -0.15) is 0 Å². The van der Waals surface area contributed by atoms with Crippen LogP contribution in [0.1, 0.15) is 33.0 Å². The van der Waals surface area contributed by atoms with Crippen LogP contribution in [0, 0.1) is 0 Å². The first-order chi connectivity index (χ1) is 7.48. The summed E-state index contributed by atoms with van der Waals surface area (Å²) in [6.07, 6.45) is 1.10. The SMILES string of the molecule is CC(C)(C)c1nnnn1CC(=O)N1CCC1. The van der Waals surface area contributed by atoms with Crippen LogP contribution >= 0.6 is 0 Å². The molecular weight excluding hydrogens is 206 g/mol. The van der Waals surface area contributed by atoms with Gasteiger partial charge >= 0.3 is 0 Å². The summed E-state index contributed by atoms with van der Waals surface area (Å²) in [6, 6.07) is 0. The van der Waals surface area contributed by atoms with Gasteiger partial charge in [0.25, 0.3) is 0 Å². The third kappa shape index (κ3) is 2.05. The van der Waals surface area contributed by atoms with Crippen LogP contribution in [0.2, 0.25) is 0 Å². The number of amides is 1. The Kier molecular flexibility index (Phi) is 2.65. The molecule has 1 amide bonds. The molecule has 0 spiro atoms. The maximum atomic E-state index is 11.8. The Labute approximate surface area is 94.6 Å². The summed E-state index contributed by atoms with van der Waals surface area (Å²) in [4.78, 5) is 13.6. The van der Waals surface area contributed by atoms with E-state index in [1.54, 1.807) is 4.68 Å². The first-order valence-electron chi connectivity index (χ1n) is 5.53. The van der Waals surface area contributed by atoms with Crippen molar-refractivity contribution in [3.8, 4) is 0 Å². The second-order valence-corrected chi connectivity index (χ2v) is 5.14. The maximum Gasteiger partial charge on any atom is 0.244 e. The largest absolute Gasteiger partial charge is 0.341 e. The molecule has 0 aromatic carbocycles. The minimum atomic E-state index is -0.140. The van der Waals surface area contributed by atoms with Crippen molar-refractivity contribution in [3.05, 3.63) is 5.82 Å². The number of rotatable bonds is 2. The summed E-state index contributed by atoms with van der Waals surface area (Å²) in [7, 11) is 0. The molecule has 1 aliphatic rings. The smallest absolute Gasteiger partial charge is 0.244 e. The van der Waals surface area contributed by atoms with Gasteiger partial charge in [-0.3, -0.25) is 4.79 Å². The van der Waals surface area contributed by atoms with E-state index in [1.165, 1.54) is 0 Å². The molecule has 1 fully saturated rings. The Morgan fingerprint density at radius 2 is 2.06 bits per heavy atom. The monoisotopic (exact) mass is 223 g/mol. The summed E-state index contributed by atoms with van der Waals surface area (Å²) >= 11 is 0. The zero-order valence-corrected chi connectivity index (χ0v) is 9.97. The van der Waals surface area contributed by atoms with Crippen LogP contribution in [-0.4, -0.2) is 44.1 Å². The first kappa shape index (κ1) is 11.0. The minimum Gasteiger partial charge on any atom is -0.341 e. The summed E-state index contributed by atoms with van der Waals surface area (Å²) in [6.45, 7) is 8.08. The average molecular weight is 223 g/mol. The van der Waals surface area contributed by atoms with Crippen molar-refractivity contribution < 1.29 is 4.79 Å². The van der Waals surface area contributed by atoms with Gasteiger partial charge in [0, 0.05) is 18.5 Å². The maximum absolute atomic E-state index is 11.8. The molecule has 0 saturated carbocycles. The summed E-state index contributed by atoms with van der Waals surface area (Å²) < 4.78 is 1.60. The minimum absolute atomic E-state index is 0.101. The van der Waals surface area contributed by atoms with Crippen molar-refractivity contribution in [2.45, 2.75) is 39.2 Å². The van der Waals surface area contributed by atoms with E-state index in [1.807, 2.05) is 25.7 Å². The molecule has 0 aliphatic carbocycles. The van der Waals surface area contributed by atoms with Crippen molar-refractivity contribution in [1.82, 2.24) is 25.1 Å². The topological polar surface area (TPSA) is 63.9 Å². The second-order valence-electron chi connectivity index (χ2n) is 5.14. The van der Waals surface area contributed by atoms with Crippen molar-refractivity contribution in [2.24, 2.45) is 0 Å². The second kappa shape index (κ2) is 3.84. The highest BCUT2D eigenvalue weighted by atomic mass is 16.2. The van der Waals surface area contributed by atoms with Gasteiger partial charge < -0.3 is 4.90 Å². The number of aromatic nitrogens is 4. The molecule has 16 heavy (non-hydrogen) atoms. The number of carbonyl (C=O) groups excluding carboxylic acids is 1. The van der Waals surface area contributed by atoms with E-state index in [-0.39, 0.29) is 17.9 Å². The number of hydrogen-bond acceptors (Lipinski definition) is 4. The molecule has 1 aromatic rings. The average Bonchev–Trinajstić information content (AvgIpc) is 2.47. The fraction of sp³-hybridized carbons (Fsp3) is 0.800. The fourth-order valence-corrected chi connectivity index (χ4v) is 1.64. The predicted octanol–water partition coefficient (Wildman–Crippen LogP) is 0.203. The zero-order valence-electron chi connectivity index (χ0n) is 9.97. The fourth-order valence-electron chi connectivity index (χ4n) is 1.64. The van der Waals surface area contributed by atoms with Gasteiger partial charge in [0.15, 0.2) is 5.82 Å². The number of nitrogens with zero attached hydrogens (tertiary/aromatic N) is 5. The molecule has 1 aromatic heterocycles. The standard InChI is InChI=1S/C10H17N5O/c1-10(2,3)9-11-12-13-15(9)7-8(16)14-5-4-6-14/h4-7H2,1-3H3. The van der Waals surface area contributed by atoms with Gasteiger partial charge in [0.05, 0.1) is 0 Å². The molecule has 1 aliphatic heterocycles. The molecule has 0 N–H and O–H groups in total. The van der Waals surface area contributed by atoms with E-state index < -0.39 is 0 Å². The predicted molar refractivity (Wildman–Crippen MR) is 57.7 cm³/mol. The van der Waals surface area contributed by atoms with Crippen molar-refractivity contribution in [2.75, 3.05) is 13.1 Å². The van der Waals surface area contributed by atoms with E-state index in [9.17, 15) is 4.79 Å². The highest BCUT2D eigenvalue weighted by Crippen LogP contribution is 2.18. The molecule has 0 unspecified atom stereocenters. The van der Waals surface area contributed by atoms with Crippen LogP contribution in [0.3, 0.4) is 0 Å². The van der Waals surface area contributed by atoms with Crippen molar-refractivity contribution in [1.29, 1.82) is 0 Å². The Bertz CT molecular complexity index is 388. The summed E-state index contributed by atoms with van der Waals surface area (Å²) in [5.41, 5.74) is -0.140. The van der Waals surface area contributed by atoms with Crippen molar-refractivity contribution in [3.63, 3.8) is 0 Å². The number of likely N-dealkylation sites (tertiary alicyclic amines) is 1. The lowest BCUT2D eigenvalue weighted by Crippen LogP contribution is -2.44. The van der Waals surface area contributed by atoms with Gasteiger partial charge in [-0.15, -0.1) is 5.10 Å². The highest BCUT2D eigenvalue weighted by Gasteiger charge is 2.26. The van der Waals surface area contributed by atoms with E-state index in [0.717, 1.165) is 25.3 Å². The molecule has 0 bridgehead atoms. The molecule has 0 atom stereocenters. The lowest BCUT2D eigenvalue weighted by molar-refractivity contribution is -0.135. The Hall–Kier alpha value is -1.46. The molecule has 2 heterocycles. The van der Waals surface area contributed by atoms with E-state index in [0.29, 0.717) is 0 Å². The van der Waals surface area contributed by atoms with Crippen LogP contribution < -0.4 is 0 Å². The highest BCUT2D eigenvalue weighted by molar-refractivity contribution is 5.76. The lowest BCUT2D eigenvalue weighted by Gasteiger charge is -2.31. The van der Waals surface area contributed by atoms with Crippen LogP contribution in [0.5, 0.6) is 0 Å². The number of tetrazole rings is 1. The van der Waals surface area contributed by atoms with Gasteiger partial charge in [-0.05, 0) is 16.8 Å². The Morgan fingerprint density at radius 3 is 2.56 bits per heavy atom. The zero-order chi connectivity index (χ0) is 11.8. The lowest BCUT2D eigenvalue weighted by atomic mass is 9.96. The Balaban J connectivity index is 2.09. The summed E-state index contributed by atoms with van der Waals surface area (Å²) in [5.74, 6) is 0.852. The molecule has 0 radical (unpaired) electrons.